The zero-order valence-corrected chi connectivity index (χ0v) is 18.4. The molecule has 0 saturated carbocycles. The molecule has 1 aliphatic rings. The van der Waals surface area contributed by atoms with Gasteiger partial charge in [0.05, 0.1) is 5.56 Å². The van der Waals surface area contributed by atoms with E-state index in [1.54, 1.807) is 24.3 Å². The highest BCUT2D eigenvalue weighted by atomic mass is 32.1. The van der Waals surface area contributed by atoms with E-state index >= 15 is 0 Å². The molecule has 3 N–H and O–H groups in total. The predicted octanol–water partition coefficient (Wildman–Crippen LogP) is 4.28. The number of nitrogens with two attached hydrogens (primary N) is 1. The monoisotopic (exact) mass is 425 g/mol. The molecule has 2 aromatic rings. The van der Waals surface area contributed by atoms with Crippen LogP contribution in [0.5, 0.6) is 5.75 Å². The topological polar surface area (TPSA) is 105 Å². The molecule has 0 fully saturated rings. The van der Waals surface area contributed by atoms with Crippen LogP contribution >= 0.6 is 11.3 Å². The molecule has 3 rings (SSSR count). The predicted molar refractivity (Wildman–Crippen MR) is 118 cm³/mol. The Morgan fingerprint density at radius 2 is 2.03 bits per heavy atom. The molecule has 1 aromatic heterocycles. The quantitative estimate of drug-likeness (QED) is 0.691. The number of nitrogens with one attached hydrogen (secondary N) is 1. The molecule has 6 nitrogen and oxygen atoms in total. The molecule has 158 valence electrons. The van der Waals surface area contributed by atoms with Crippen LogP contribution in [0.25, 0.3) is 0 Å². The van der Waals surface area contributed by atoms with Gasteiger partial charge in [0.1, 0.15) is 16.8 Å². The number of fused-ring (bicyclic) bond motifs is 1. The average molecular weight is 426 g/mol. The highest BCUT2D eigenvalue weighted by Crippen LogP contribution is 2.45. The van der Waals surface area contributed by atoms with Crippen molar-refractivity contribution >= 4 is 28.2 Å². The van der Waals surface area contributed by atoms with Crippen molar-refractivity contribution in [3.05, 3.63) is 45.8 Å². The highest BCUT2D eigenvalue weighted by Gasteiger charge is 2.34. The Morgan fingerprint density at radius 1 is 1.33 bits per heavy atom. The van der Waals surface area contributed by atoms with E-state index in [9.17, 15) is 14.9 Å². The van der Waals surface area contributed by atoms with Crippen LogP contribution in [-0.4, -0.2) is 18.4 Å². The second-order valence-electron chi connectivity index (χ2n) is 8.33. The maximum atomic E-state index is 12.4. The molecular formula is C23H27N3O3S. The van der Waals surface area contributed by atoms with Crippen molar-refractivity contribution in [2.24, 2.45) is 17.1 Å². The Bertz CT molecular complexity index is 986. The first kappa shape index (κ1) is 21.8. The number of rotatable bonds is 7. The summed E-state index contributed by atoms with van der Waals surface area (Å²) in [6.45, 7) is 6.64. The summed E-state index contributed by atoms with van der Waals surface area (Å²) in [6, 6.07) is 8.55. The van der Waals surface area contributed by atoms with Crippen molar-refractivity contribution in [3.8, 4) is 11.8 Å². The van der Waals surface area contributed by atoms with Crippen LogP contribution in [0.2, 0.25) is 0 Å². The number of benzene rings is 1. The lowest BCUT2D eigenvalue weighted by molar-refractivity contribution is -0.118. The summed E-state index contributed by atoms with van der Waals surface area (Å²) >= 11 is 1.51. The zero-order valence-electron chi connectivity index (χ0n) is 17.6. The van der Waals surface area contributed by atoms with Crippen LogP contribution in [0.1, 0.15) is 60.0 Å². The second-order valence-corrected chi connectivity index (χ2v) is 9.43. The molecule has 1 atom stereocenters. The van der Waals surface area contributed by atoms with Crippen LogP contribution < -0.4 is 15.8 Å². The standard InChI is InChI=1S/C23H27N3O3S/c1-4-23(2,3)15-7-10-17-18(12-24)22(30-19(17)11-15)26-20(27)13-29-16-8-5-14(6-9-16)21(25)28/h5-6,8-9,15H,4,7,10-11,13H2,1-3H3,(H2,25,28)(H,26,27)/t15-/m1/s1. The molecule has 1 aromatic carbocycles. The molecule has 0 spiro atoms. The fourth-order valence-corrected chi connectivity index (χ4v) is 5.07. The van der Waals surface area contributed by atoms with Crippen molar-refractivity contribution in [1.82, 2.24) is 0 Å². The van der Waals surface area contributed by atoms with Gasteiger partial charge >= 0.3 is 0 Å². The Balaban J connectivity index is 1.66. The van der Waals surface area contributed by atoms with Gasteiger partial charge < -0.3 is 15.8 Å². The number of primary amides is 1. The maximum Gasteiger partial charge on any atom is 0.262 e. The van der Waals surface area contributed by atoms with Gasteiger partial charge in [0.25, 0.3) is 5.91 Å². The number of amides is 2. The van der Waals surface area contributed by atoms with Gasteiger partial charge in [0, 0.05) is 10.4 Å². The van der Waals surface area contributed by atoms with Crippen molar-refractivity contribution in [3.63, 3.8) is 0 Å². The minimum atomic E-state index is -0.519. The van der Waals surface area contributed by atoms with Crippen LogP contribution in [-0.2, 0) is 17.6 Å². The van der Waals surface area contributed by atoms with E-state index in [1.165, 1.54) is 16.2 Å². The van der Waals surface area contributed by atoms with E-state index in [0.717, 1.165) is 31.2 Å². The molecule has 0 bridgehead atoms. The number of carbonyl (C=O) groups excluding carboxylic acids is 2. The van der Waals surface area contributed by atoms with Crippen LogP contribution in [0.15, 0.2) is 24.3 Å². The molecule has 0 unspecified atom stereocenters. The number of hydrogen-bond acceptors (Lipinski definition) is 5. The number of nitriles is 1. The Hall–Kier alpha value is -2.85. The van der Waals surface area contributed by atoms with Crippen LogP contribution in [0, 0.1) is 22.7 Å². The van der Waals surface area contributed by atoms with E-state index in [-0.39, 0.29) is 17.9 Å². The first-order valence-electron chi connectivity index (χ1n) is 10.1. The van der Waals surface area contributed by atoms with Gasteiger partial charge in [0.15, 0.2) is 6.61 Å². The number of nitrogens with zero attached hydrogens (tertiary/aromatic N) is 1. The summed E-state index contributed by atoms with van der Waals surface area (Å²) < 4.78 is 5.48. The molecule has 0 aliphatic heterocycles. The lowest BCUT2D eigenvalue weighted by Gasteiger charge is -2.36. The number of hydrogen-bond donors (Lipinski definition) is 2. The average Bonchev–Trinajstić information content (AvgIpc) is 3.08. The molecule has 1 aliphatic carbocycles. The normalized spacial score (nSPS) is 15.7. The Labute approximate surface area is 181 Å². The molecule has 0 radical (unpaired) electrons. The first-order valence-corrected chi connectivity index (χ1v) is 10.9. The summed E-state index contributed by atoms with van der Waals surface area (Å²) in [7, 11) is 0. The fourth-order valence-electron chi connectivity index (χ4n) is 3.77. The third-order valence-corrected chi connectivity index (χ3v) is 7.32. The highest BCUT2D eigenvalue weighted by molar-refractivity contribution is 7.16. The summed E-state index contributed by atoms with van der Waals surface area (Å²) in [6.07, 6.45) is 4.01. The maximum absolute atomic E-state index is 12.4. The van der Waals surface area contributed by atoms with Gasteiger partial charge in [-0.2, -0.15) is 5.26 Å². The van der Waals surface area contributed by atoms with E-state index in [2.05, 4.69) is 32.2 Å². The minimum Gasteiger partial charge on any atom is -0.484 e. The molecule has 1 heterocycles. The molecular weight excluding hydrogens is 398 g/mol. The van der Waals surface area contributed by atoms with E-state index in [0.29, 0.717) is 27.8 Å². The van der Waals surface area contributed by atoms with Gasteiger partial charge in [-0.3, -0.25) is 9.59 Å². The summed E-state index contributed by atoms with van der Waals surface area (Å²) in [4.78, 5) is 24.7. The number of carbonyl (C=O) groups is 2. The summed E-state index contributed by atoms with van der Waals surface area (Å²) in [5.41, 5.74) is 7.52. The summed E-state index contributed by atoms with van der Waals surface area (Å²) in [5, 5.41) is 13.1. The minimum absolute atomic E-state index is 0.186. The molecule has 7 heteroatoms. The lowest BCUT2D eigenvalue weighted by atomic mass is 9.69. The second kappa shape index (κ2) is 8.88. The van der Waals surface area contributed by atoms with E-state index < -0.39 is 5.91 Å². The van der Waals surface area contributed by atoms with Gasteiger partial charge in [-0.25, -0.2) is 0 Å². The Morgan fingerprint density at radius 3 is 2.63 bits per heavy atom. The first-order chi connectivity index (χ1) is 14.2. The molecule has 0 saturated heterocycles. The third kappa shape index (κ3) is 4.65. The molecule has 30 heavy (non-hydrogen) atoms. The van der Waals surface area contributed by atoms with Crippen molar-refractivity contribution in [1.29, 1.82) is 5.26 Å². The van der Waals surface area contributed by atoms with Crippen LogP contribution in [0.3, 0.4) is 0 Å². The third-order valence-electron chi connectivity index (χ3n) is 6.16. The number of ether oxygens (including phenoxy) is 1. The van der Waals surface area contributed by atoms with Gasteiger partial charge in [-0.05, 0) is 60.4 Å². The van der Waals surface area contributed by atoms with Crippen molar-refractivity contribution in [2.75, 3.05) is 11.9 Å². The van der Waals surface area contributed by atoms with E-state index in [1.807, 2.05) is 0 Å². The van der Waals surface area contributed by atoms with Gasteiger partial charge in [-0.1, -0.05) is 27.2 Å². The van der Waals surface area contributed by atoms with Crippen LogP contribution in [0.4, 0.5) is 5.00 Å². The number of thiophene rings is 1. The summed E-state index contributed by atoms with van der Waals surface area (Å²) in [5.74, 6) is 0.199. The fraction of sp³-hybridized carbons (Fsp3) is 0.435. The largest absolute Gasteiger partial charge is 0.484 e. The lowest BCUT2D eigenvalue weighted by Crippen LogP contribution is -2.28. The van der Waals surface area contributed by atoms with Gasteiger partial charge in [-0.15, -0.1) is 11.3 Å². The smallest absolute Gasteiger partial charge is 0.262 e. The van der Waals surface area contributed by atoms with Crippen molar-refractivity contribution in [2.45, 2.75) is 46.5 Å². The van der Waals surface area contributed by atoms with Gasteiger partial charge in [0.2, 0.25) is 5.91 Å². The molecule has 2 amide bonds. The Kier molecular flexibility index (Phi) is 6.47. The van der Waals surface area contributed by atoms with E-state index in [4.69, 9.17) is 10.5 Å². The van der Waals surface area contributed by atoms with Crippen molar-refractivity contribution < 1.29 is 14.3 Å². The zero-order chi connectivity index (χ0) is 21.9. The number of anilines is 1. The SMILES string of the molecule is CCC(C)(C)[C@@H]1CCc2c(sc(NC(=O)COc3ccc(C(N)=O)cc3)c2C#N)C1.